The van der Waals surface area contributed by atoms with Crippen molar-refractivity contribution in [3.8, 4) is 6.07 Å². The summed E-state index contributed by atoms with van der Waals surface area (Å²) in [5, 5.41) is 9.34. The smallest absolute Gasteiger partial charge is 0.150 e. The number of thioether (sulfide) groups is 1. The topological polar surface area (TPSA) is 27.0 Å². The van der Waals surface area contributed by atoms with E-state index in [9.17, 15) is 8.78 Å². The van der Waals surface area contributed by atoms with E-state index in [0.717, 1.165) is 12.1 Å². The summed E-state index contributed by atoms with van der Waals surface area (Å²) < 4.78 is 27.8. The summed E-state index contributed by atoms with van der Waals surface area (Å²) in [7, 11) is 0. The molecule has 0 bridgehead atoms. The van der Waals surface area contributed by atoms with E-state index in [1.54, 1.807) is 11.0 Å². The maximum atomic E-state index is 13.9. The molecule has 2 atom stereocenters. The van der Waals surface area contributed by atoms with E-state index in [1.165, 1.54) is 0 Å². The van der Waals surface area contributed by atoms with Crippen LogP contribution in [0, 0.1) is 23.0 Å². The van der Waals surface area contributed by atoms with Gasteiger partial charge in [-0.25, -0.2) is 8.78 Å². The summed E-state index contributed by atoms with van der Waals surface area (Å²) >= 11 is 1.82. The predicted octanol–water partition coefficient (Wildman–Crippen LogP) is 3.17. The molecule has 0 radical (unpaired) electrons. The summed E-state index contributed by atoms with van der Waals surface area (Å²) in [6.07, 6.45) is 0. The van der Waals surface area contributed by atoms with Gasteiger partial charge in [-0.05, 0) is 12.1 Å². The van der Waals surface area contributed by atoms with Crippen molar-refractivity contribution in [3.63, 3.8) is 0 Å². The molecule has 2 rings (SSSR count). The van der Waals surface area contributed by atoms with Crippen molar-refractivity contribution < 1.29 is 8.78 Å². The number of hydrogen-bond donors (Lipinski definition) is 0. The first kappa shape index (κ1) is 13.2. The predicted molar refractivity (Wildman–Crippen MR) is 69.8 cm³/mol. The zero-order valence-electron chi connectivity index (χ0n) is 10.3. The summed E-state index contributed by atoms with van der Waals surface area (Å²) in [5.74, 6) is -1.31. The monoisotopic (exact) mass is 268 g/mol. The van der Waals surface area contributed by atoms with Gasteiger partial charge in [0.15, 0.2) is 11.6 Å². The highest BCUT2D eigenvalue weighted by Crippen LogP contribution is 2.32. The van der Waals surface area contributed by atoms with E-state index in [-0.39, 0.29) is 11.3 Å². The number of rotatable bonds is 1. The quantitative estimate of drug-likeness (QED) is 0.783. The second-order valence-corrected chi connectivity index (χ2v) is 6.44. The minimum Gasteiger partial charge on any atom is -0.365 e. The summed E-state index contributed by atoms with van der Waals surface area (Å²) in [6, 6.07) is 3.94. The van der Waals surface area contributed by atoms with Crippen molar-refractivity contribution in [2.75, 3.05) is 18.0 Å². The number of nitriles is 1. The van der Waals surface area contributed by atoms with E-state index in [1.807, 2.05) is 25.6 Å². The zero-order chi connectivity index (χ0) is 13.3. The molecule has 0 N–H and O–H groups in total. The van der Waals surface area contributed by atoms with Gasteiger partial charge in [-0.15, -0.1) is 0 Å². The minimum atomic E-state index is -0.655. The van der Waals surface area contributed by atoms with Crippen LogP contribution in [0.2, 0.25) is 0 Å². The Kier molecular flexibility index (Phi) is 3.76. The van der Waals surface area contributed by atoms with Gasteiger partial charge in [0.1, 0.15) is 5.69 Å². The fourth-order valence-electron chi connectivity index (χ4n) is 2.29. The Morgan fingerprint density at radius 3 is 2.17 bits per heavy atom. The molecule has 1 aromatic carbocycles. The molecular weight excluding hydrogens is 254 g/mol. The molecule has 0 aromatic heterocycles. The number of anilines is 1. The lowest BCUT2D eigenvalue weighted by Crippen LogP contribution is -2.41. The van der Waals surface area contributed by atoms with Crippen molar-refractivity contribution in [2.45, 2.75) is 24.3 Å². The van der Waals surface area contributed by atoms with Crippen molar-refractivity contribution in [2.24, 2.45) is 0 Å². The van der Waals surface area contributed by atoms with Crippen LogP contribution in [0.5, 0.6) is 0 Å². The Morgan fingerprint density at radius 1 is 1.22 bits per heavy atom. The Bertz CT molecular complexity index is 465. The average molecular weight is 268 g/mol. The van der Waals surface area contributed by atoms with Gasteiger partial charge in [-0.1, -0.05) is 13.8 Å². The Hall–Kier alpha value is -1.28. The molecule has 1 aromatic rings. The molecule has 1 fully saturated rings. The Balaban J connectivity index is 2.36. The molecule has 1 aliphatic rings. The van der Waals surface area contributed by atoms with Crippen LogP contribution in [-0.2, 0) is 0 Å². The molecule has 5 heteroatoms. The van der Waals surface area contributed by atoms with Crippen molar-refractivity contribution >= 4 is 17.4 Å². The first-order valence-corrected chi connectivity index (χ1v) is 6.75. The lowest BCUT2D eigenvalue weighted by Gasteiger charge is -2.36. The van der Waals surface area contributed by atoms with Crippen LogP contribution < -0.4 is 4.90 Å². The van der Waals surface area contributed by atoms with Crippen LogP contribution >= 0.6 is 11.8 Å². The first-order chi connectivity index (χ1) is 8.51. The van der Waals surface area contributed by atoms with Gasteiger partial charge in [0.25, 0.3) is 0 Å². The second kappa shape index (κ2) is 5.15. The third kappa shape index (κ3) is 2.59. The van der Waals surface area contributed by atoms with Gasteiger partial charge in [0.05, 0.1) is 11.6 Å². The molecular formula is C13H14F2N2S. The molecule has 18 heavy (non-hydrogen) atoms. The highest BCUT2D eigenvalue weighted by Gasteiger charge is 2.26. The van der Waals surface area contributed by atoms with Crippen LogP contribution in [-0.4, -0.2) is 23.6 Å². The van der Waals surface area contributed by atoms with Crippen molar-refractivity contribution in [1.29, 1.82) is 5.26 Å². The number of hydrogen-bond acceptors (Lipinski definition) is 3. The lowest BCUT2D eigenvalue weighted by molar-refractivity contribution is 0.565. The van der Waals surface area contributed by atoms with Gasteiger partial charge in [0, 0.05) is 23.6 Å². The van der Waals surface area contributed by atoms with Crippen LogP contribution in [0.3, 0.4) is 0 Å². The van der Waals surface area contributed by atoms with Gasteiger partial charge in [-0.2, -0.15) is 17.0 Å². The normalized spacial score (nSPS) is 23.8. The molecule has 0 aliphatic carbocycles. The zero-order valence-corrected chi connectivity index (χ0v) is 11.1. The van der Waals surface area contributed by atoms with Gasteiger partial charge >= 0.3 is 0 Å². The van der Waals surface area contributed by atoms with E-state index in [2.05, 4.69) is 0 Å². The van der Waals surface area contributed by atoms with Crippen LogP contribution in [0.4, 0.5) is 14.5 Å². The van der Waals surface area contributed by atoms with E-state index in [0.29, 0.717) is 23.6 Å². The fourth-order valence-corrected chi connectivity index (χ4v) is 3.62. The molecule has 0 saturated carbocycles. The minimum absolute atomic E-state index is 0.00648. The third-order valence-corrected chi connectivity index (χ3v) is 4.11. The number of halogens is 2. The molecule has 1 aliphatic heterocycles. The number of benzene rings is 1. The van der Waals surface area contributed by atoms with Gasteiger partial charge in [0.2, 0.25) is 0 Å². The molecule has 0 amide bonds. The van der Waals surface area contributed by atoms with E-state index >= 15 is 0 Å². The first-order valence-electron chi connectivity index (χ1n) is 5.80. The van der Waals surface area contributed by atoms with Gasteiger partial charge < -0.3 is 4.90 Å². The molecule has 96 valence electrons. The van der Waals surface area contributed by atoms with E-state index < -0.39 is 11.6 Å². The fraction of sp³-hybridized carbons (Fsp3) is 0.462. The molecule has 1 saturated heterocycles. The van der Waals surface area contributed by atoms with Crippen molar-refractivity contribution in [3.05, 3.63) is 29.3 Å². The molecule has 0 spiro atoms. The average Bonchev–Trinajstić information content (AvgIpc) is 2.26. The van der Waals surface area contributed by atoms with Crippen LogP contribution in [0.1, 0.15) is 19.4 Å². The van der Waals surface area contributed by atoms with Gasteiger partial charge in [-0.3, -0.25) is 0 Å². The standard InChI is InChI=1S/C13H14F2N2S/c1-8-6-17(7-9(2)18-8)13-11(14)3-10(5-16)4-12(13)15/h3-4,8-9H,6-7H2,1-2H3. The van der Waals surface area contributed by atoms with E-state index in [4.69, 9.17) is 5.26 Å². The summed E-state index contributed by atoms with van der Waals surface area (Å²) in [5.41, 5.74) is 0.00855. The molecule has 1 heterocycles. The summed E-state index contributed by atoms with van der Waals surface area (Å²) in [4.78, 5) is 1.73. The third-order valence-electron chi connectivity index (χ3n) is 2.88. The van der Waals surface area contributed by atoms with Crippen molar-refractivity contribution in [1.82, 2.24) is 0 Å². The maximum absolute atomic E-state index is 13.9. The highest BCUT2D eigenvalue weighted by atomic mass is 32.2. The maximum Gasteiger partial charge on any atom is 0.150 e. The van der Waals surface area contributed by atoms with Crippen LogP contribution in [0.15, 0.2) is 12.1 Å². The number of nitrogens with zero attached hydrogens (tertiary/aromatic N) is 2. The Morgan fingerprint density at radius 2 is 1.72 bits per heavy atom. The Labute approximate surface area is 110 Å². The molecule has 2 nitrogen and oxygen atoms in total. The molecule has 2 unspecified atom stereocenters. The second-order valence-electron chi connectivity index (χ2n) is 4.56. The lowest BCUT2D eigenvalue weighted by atomic mass is 10.1. The summed E-state index contributed by atoms with van der Waals surface area (Å²) in [6.45, 7) is 5.34. The highest BCUT2D eigenvalue weighted by molar-refractivity contribution is 8.00. The van der Waals surface area contributed by atoms with Crippen LogP contribution in [0.25, 0.3) is 0 Å². The largest absolute Gasteiger partial charge is 0.365 e. The SMILES string of the molecule is CC1CN(c2c(F)cc(C#N)cc2F)CC(C)S1.